The molecule has 2 heterocycles. The predicted molar refractivity (Wildman–Crippen MR) is 76.7 cm³/mol. The first-order valence-electron chi connectivity index (χ1n) is 5.74. The van der Waals surface area contributed by atoms with E-state index in [2.05, 4.69) is 27.5 Å². The second-order valence-corrected chi connectivity index (χ2v) is 5.19. The van der Waals surface area contributed by atoms with E-state index >= 15 is 0 Å². The first-order valence-corrected chi connectivity index (χ1v) is 6.62. The molecule has 2 aromatic heterocycles. The van der Waals surface area contributed by atoms with Gasteiger partial charge in [0.25, 0.3) is 0 Å². The molecule has 0 aliphatic carbocycles. The maximum Gasteiger partial charge on any atom is 0.150 e. The standard InChI is InChI=1S/C14H13N3S/c1-8-9(2)17-14(15)12(16-8)11-5-3-4-10-6-7-18-13(10)11/h3-7H,1-2H3,(H2,15,17). The lowest BCUT2D eigenvalue weighted by Gasteiger charge is -2.08. The minimum atomic E-state index is 0.499. The maximum atomic E-state index is 6.01. The smallest absolute Gasteiger partial charge is 0.150 e. The van der Waals surface area contributed by atoms with Crippen molar-refractivity contribution in [2.45, 2.75) is 13.8 Å². The van der Waals surface area contributed by atoms with Crippen LogP contribution in [-0.2, 0) is 0 Å². The highest BCUT2D eigenvalue weighted by Gasteiger charge is 2.12. The van der Waals surface area contributed by atoms with Crippen LogP contribution < -0.4 is 5.73 Å². The van der Waals surface area contributed by atoms with Gasteiger partial charge in [-0.05, 0) is 30.7 Å². The minimum absolute atomic E-state index is 0.499. The van der Waals surface area contributed by atoms with Crippen molar-refractivity contribution in [3.8, 4) is 11.3 Å². The van der Waals surface area contributed by atoms with Gasteiger partial charge in [0.15, 0.2) is 0 Å². The SMILES string of the molecule is Cc1nc(N)c(-c2cccc3ccsc23)nc1C. The summed E-state index contributed by atoms with van der Waals surface area (Å²) in [6.45, 7) is 3.88. The van der Waals surface area contributed by atoms with E-state index in [9.17, 15) is 0 Å². The molecule has 90 valence electrons. The summed E-state index contributed by atoms with van der Waals surface area (Å²) in [7, 11) is 0. The molecule has 0 saturated carbocycles. The van der Waals surface area contributed by atoms with Gasteiger partial charge in [-0.25, -0.2) is 9.97 Å². The van der Waals surface area contributed by atoms with Crippen LogP contribution in [0.1, 0.15) is 11.4 Å². The van der Waals surface area contributed by atoms with E-state index in [0.29, 0.717) is 5.82 Å². The van der Waals surface area contributed by atoms with Gasteiger partial charge in [-0.2, -0.15) is 0 Å². The van der Waals surface area contributed by atoms with E-state index in [1.807, 2.05) is 26.0 Å². The zero-order valence-electron chi connectivity index (χ0n) is 10.3. The Bertz CT molecular complexity index is 731. The summed E-state index contributed by atoms with van der Waals surface area (Å²) < 4.78 is 1.21. The summed E-state index contributed by atoms with van der Waals surface area (Å²) in [4.78, 5) is 8.95. The molecule has 0 amide bonds. The third-order valence-corrected chi connectivity index (χ3v) is 4.03. The molecule has 18 heavy (non-hydrogen) atoms. The van der Waals surface area contributed by atoms with E-state index in [1.54, 1.807) is 11.3 Å². The van der Waals surface area contributed by atoms with Crippen molar-refractivity contribution < 1.29 is 0 Å². The fourth-order valence-corrected chi connectivity index (χ4v) is 2.91. The molecule has 0 saturated heterocycles. The summed E-state index contributed by atoms with van der Waals surface area (Å²) in [5, 5.41) is 3.30. The van der Waals surface area contributed by atoms with Crippen molar-refractivity contribution in [1.29, 1.82) is 0 Å². The summed E-state index contributed by atoms with van der Waals surface area (Å²) in [5.74, 6) is 0.499. The highest BCUT2D eigenvalue weighted by Crippen LogP contribution is 2.33. The molecule has 3 nitrogen and oxygen atoms in total. The molecule has 1 aromatic carbocycles. The van der Waals surface area contributed by atoms with Crippen LogP contribution in [0.25, 0.3) is 21.3 Å². The number of hydrogen-bond donors (Lipinski definition) is 1. The number of nitrogens with two attached hydrogens (primary N) is 1. The molecule has 2 N–H and O–H groups in total. The Kier molecular flexibility index (Phi) is 2.52. The Labute approximate surface area is 109 Å². The molecule has 0 atom stereocenters. The van der Waals surface area contributed by atoms with Gasteiger partial charge in [0.1, 0.15) is 11.5 Å². The molecule has 0 unspecified atom stereocenters. The Morgan fingerprint density at radius 3 is 2.67 bits per heavy atom. The largest absolute Gasteiger partial charge is 0.382 e. The number of aromatic nitrogens is 2. The topological polar surface area (TPSA) is 51.8 Å². The van der Waals surface area contributed by atoms with E-state index in [4.69, 9.17) is 5.73 Å². The average Bonchev–Trinajstić information content (AvgIpc) is 2.82. The normalized spacial score (nSPS) is 11.0. The lowest BCUT2D eigenvalue weighted by Crippen LogP contribution is -2.02. The molecule has 0 radical (unpaired) electrons. The third kappa shape index (κ3) is 1.66. The highest BCUT2D eigenvalue weighted by atomic mass is 32.1. The number of nitrogens with zero attached hydrogens (tertiary/aromatic N) is 2. The van der Waals surface area contributed by atoms with Crippen LogP contribution in [0.5, 0.6) is 0 Å². The van der Waals surface area contributed by atoms with Crippen LogP contribution in [0.15, 0.2) is 29.6 Å². The molecule has 0 fully saturated rings. The molecule has 0 aliphatic heterocycles. The van der Waals surface area contributed by atoms with Crippen LogP contribution in [0.3, 0.4) is 0 Å². The zero-order valence-corrected chi connectivity index (χ0v) is 11.1. The number of rotatable bonds is 1. The van der Waals surface area contributed by atoms with Crippen molar-refractivity contribution >= 4 is 27.2 Å². The van der Waals surface area contributed by atoms with Gasteiger partial charge in [0.05, 0.1) is 11.4 Å². The fourth-order valence-electron chi connectivity index (χ4n) is 2.00. The van der Waals surface area contributed by atoms with E-state index in [-0.39, 0.29) is 0 Å². The Morgan fingerprint density at radius 2 is 1.83 bits per heavy atom. The van der Waals surface area contributed by atoms with Crippen LogP contribution in [0.4, 0.5) is 5.82 Å². The number of hydrogen-bond acceptors (Lipinski definition) is 4. The van der Waals surface area contributed by atoms with Crippen molar-refractivity contribution in [2.24, 2.45) is 0 Å². The minimum Gasteiger partial charge on any atom is -0.382 e. The number of nitrogen functional groups attached to an aromatic ring is 1. The summed E-state index contributed by atoms with van der Waals surface area (Å²) in [5.41, 5.74) is 9.67. The molecule has 0 spiro atoms. The first-order chi connectivity index (χ1) is 8.66. The quantitative estimate of drug-likeness (QED) is 0.723. The van der Waals surface area contributed by atoms with Gasteiger partial charge >= 0.3 is 0 Å². The van der Waals surface area contributed by atoms with Crippen LogP contribution in [0.2, 0.25) is 0 Å². The van der Waals surface area contributed by atoms with Gasteiger partial charge in [-0.1, -0.05) is 18.2 Å². The van der Waals surface area contributed by atoms with Gasteiger partial charge in [0, 0.05) is 10.3 Å². The van der Waals surface area contributed by atoms with Gasteiger partial charge in [-0.3, -0.25) is 0 Å². The predicted octanol–water partition coefficient (Wildman–Crippen LogP) is 3.56. The Balaban J connectivity index is 2.32. The molecule has 3 aromatic rings. The van der Waals surface area contributed by atoms with E-state index in [0.717, 1.165) is 22.6 Å². The zero-order chi connectivity index (χ0) is 12.7. The Morgan fingerprint density at radius 1 is 1.06 bits per heavy atom. The van der Waals surface area contributed by atoms with Crippen molar-refractivity contribution in [3.63, 3.8) is 0 Å². The van der Waals surface area contributed by atoms with E-state index in [1.165, 1.54) is 10.1 Å². The van der Waals surface area contributed by atoms with Crippen LogP contribution in [0, 0.1) is 13.8 Å². The summed E-state index contributed by atoms with van der Waals surface area (Å²) >= 11 is 1.70. The second kappa shape index (κ2) is 4.07. The van der Waals surface area contributed by atoms with Crippen molar-refractivity contribution in [3.05, 3.63) is 41.0 Å². The molecule has 0 aliphatic rings. The van der Waals surface area contributed by atoms with Crippen molar-refractivity contribution in [1.82, 2.24) is 9.97 Å². The molecular weight excluding hydrogens is 242 g/mol. The first kappa shape index (κ1) is 11.2. The Hall–Kier alpha value is -1.94. The monoisotopic (exact) mass is 255 g/mol. The highest BCUT2D eigenvalue weighted by molar-refractivity contribution is 7.17. The van der Waals surface area contributed by atoms with Gasteiger partial charge in [0.2, 0.25) is 0 Å². The van der Waals surface area contributed by atoms with Crippen LogP contribution in [-0.4, -0.2) is 9.97 Å². The van der Waals surface area contributed by atoms with Crippen molar-refractivity contribution in [2.75, 3.05) is 5.73 Å². The lowest BCUT2D eigenvalue weighted by atomic mass is 10.1. The fraction of sp³-hybridized carbons (Fsp3) is 0.143. The summed E-state index contributed by atoms with van der Waals surface area (Å²) in [6, 6.07) is 8.28. The lowest BCUT2D eigenvalue weighted by molar-refractivity contribution is 1.06. The number of benzene rings is 1. The second-order valence-electron chi connectivity index (χ2n) is 4.27. The average molecular weight is 255 g/mol. The number of fused-ring (bicyclic) bond motifs is 1. The van der Waals surface area contributed by atoms with E-state index < -0.39 is 0 Å². The molecular formula is C14H13N3S. The number of anilines is 1. The molecule has 3 rings (SSSR count). The third-order valence-electron chi connectivity index (χ3n) is 3.07. The molecule has 4 heteroatoms. The van der Waals surface area contributed by atoms with Gasteiger partial charge < -0.3 is 5.73 Å². The summed E-state index contributed by atoms with van der Waals surface area (Å²) in [6.07, 6.45) is 0. The van der Waals surface area contributed by atoms with Crippen LogP contribution >= 0.6 is 11.3 Å². The maximum absolute atomic E-state index is 6.01. The molecule has 0 bridgehead atoms. The van der Waals surface area contributed by atoms with Gasteiger partial charge in [-0.15, -0.1) is 11.3 Å². The number of aryl methyl sites for hydroxylation is 2. The number of thiophene rings is 1.